The van der Waals surface area contributed by atoms with Crippen molar-refractivity contribution in [1.29, 1.82) is 5.26 Å². The first-order valence-electron chi connectivity index (χ1n) is 3.58. The Bertz CT molecular complexity index is 317. The van der Waals surface area contributed by atoms with E-state index >= 15 is 0 Å². The minimum absolute atomic E-state index is 0.0785. The van der Waals surface area contributed by atoms with Crippen LogP contribution >= 0.6 is 0 Å². The van der Waals surface area contributed by atoms with Gasteiger partial charge in [0.25, 0.3) is 0 Å². The normalized spacial score (nSPS) is 9.33. The van der Waals surface area contributed by atoms with E-state index in [1.165, 1.54) is 12.1 Å². The van der Waals surface area contributed by atoms with Crippen molar-refractivity contribution < 1.29 is 9.50 Å². The highest BCUT2D eigenvalue weighted by atomic mass is 19.1. The average molecular weight is 165 g/mol. The highest BCUT2D eigenvalue weighted by Crippen LogP contribution is 2.18. The Morgan fingerprint density at radius 2 is 2.25 bits per heavy atom. The van der Waals surface area contributed by atoms with E-state index in [0.29, 0.717) is 18.4 Å². The van der Waals surface area contributed by atoms with Gasteiger partial charge in [-0.15, -0.1) is 0 Å². The Balaban J connectivity index is 2.81. The van der Waals surface area contributed by atoms with Crippen molar-refractivity contribution in [3.05, 3.63) is 29.6 Å². The van der Waals surface area contributed by atoms with E-state index in [-0.39, 0.29) is 5.75 Å². The van der Waals surface area contributed by atoms with Gasteiger partial charge in [0.05, 0.1) is 6.07 Å². The van der Waals surface area contributed by atoms with E-state index in [9.17, 15) is 4.39 Å². The van der Waals surface area contributed by atoms with Crippen molar-refractivity contribution in [2.24, 2.45) is 0 Å². The largest absolute Gasteiger partial charge is 0.508 e. The van der Waals surface area contributed by atoms with Crippen molar-refractivity contribution in [2.45, 2.75) is 12.8 Å². The van der Waals surface area contributed by atoms with Gasteiger partial charge in [0, 0.05) is 12.5 Å². The number of aryl methyl sites for hydroxylation is 1. The fraction of sp³-hybridized carbons (Fsp3) is 0.222. The van der Waals surface area contributed by atoms with Crippen LogP contribution in [0, 0.1) is 17.1 Å². The fourth-order valence-electron chi connectivity index (χ4n) is 0.939. The molecule has 1 rings (SSSR count). The summed E-state index contributed by atoms with van der Waals surface area (Å²) in [5.41, 5.74) is 0.609. The number of benzene rings is 1. The molecule has 0 aromatic heterocycles. The molecule has 0 unspecified atom stereocenters. The molecule has 0 aliphatic heterocycles. The lowest BCUT2D eigenvalue weighted by molar-refractivity contribution is 0.462. The zero-order valence-electron chi connectivity index (χ0n) is 6.42. The predicted molar refractivity (Wildman–Crippen MR) is 42.0 cm³/mol. The third-order valence-electron chi connectivity index (χ3n) is 1.55. The third-order valence-corrected chi connectivity index (χ3v) is 1.55. The van der Waals surface area contributed by atoms with E-state index in [0.717, 1.165) is 6.07 Å². The second-order valence-electron chi connectivity index (χ2n) is 2.43. The number of phenols is 1. The van der Waals surface area contributed by atoms with Crippen LogP contribution in [0.5, 0.6) is 5.75 Å². The molecule has 0 atom stereocenters. The summed E-state index contributed by atoms with van der Waals surface area (Å²) in [6.45, 7) is 0. The van der Waals surface area contributed by atoms with Crippen molar-refractivity contribution in [3.63, 3.8) is 0 Å². The van der Waals surface area contributed by atoms with E-state index in [1.54, 1.807) is 0 Å². The van der Waals surface area contributed by atoms with E-state index < -0.39 is 5.82 Å². The second-order valence-corrected chi connectivity index (χ2v) is 2.43. The minimum atomic E-state index is -0.465. The van der Waals surface area contributed by atoms with Gasteiger partial charge in [0.1, 0.15) is 11.6 Å². The summed E-state index contributed by atoms with van der Waals surface area (Å²) in [4.78, 5) is 0. The van der Waals surface area contributed by atoms with Crippen molar-refractivity contribution >= 4 is 0 Å². The Hall–Kier alpha value is -1.56. The lowest BCUT2D eigenvalue weighted by Crippen LogP contribution is -1.85. The Morgan fingerprint density at radius 1 is 1.50 bits per heavy atom. The molecule has 12 heavy (non-hydrogen) atoms. The van der Waals surface area contributed by atoms with Crippen LogP contribution < -0.4 is 0 Å². The van der Waals surface area contributed by atoms with Gasteiger partial charge in [-0.2, -0.15) is 5.26 Å². The molecule has 1 aromatic carbocycles. The number of hydrogen-bond acceptors (Lipinski definition) is 2. The fourth-order valence-corrected chi connectivity index (χ4v) is 0.939. The molecule has 2 nitrogen and oxygen atoms in total. The highest BCUT2D eigenvalue weighted by molar-refractivity contribution is 5.32. The molecule has 0 aliphatic carbocycles. The maximum Gasteiger partial charge on any atom is 0.126 e. The maximum atomic E-state index is 12.4. The van der Waals surface area contributed by atoms with E-state index in [4.69, 9.17) is 10.4 Å². The average Bonchev–Trinajstić information content (AvgIpc) is 2.03. The van der Waals surface area contributed by atoms with Crippen LogP contribution in [0.15, 0.2) is 18.2 Å². The van der Waals surface area contributed by atoms with Gasteiger partial charge in [0.2, 0.25) is 0 Å². The smallest absolute Gasteiger partial charge is 0.126 e. The molecule has 3 heteroatoms. The first kappa shape index (κ1) is 8.54. The molecular formula is C9H8FNO. The first-order chi connectivity index (χ1) is 5.74. The molecule has 0 fully saturated rings. The number of halogens is 1. The van der Waals surface area contributed by atoms with Crippen LogP contribution in [0.1, 0.15) is 12.0 Å². The monoisotopic (exact) mass is 165 g/mol. The van der Waals surface area contributed by atoms with Crippen LogP contribution in [-0.2, 0) is 6.42 Å². The number of phenolic OH excluding ortho intramolecular Hbond substituents is 1. The van der Waals surface area contributed by atoms with Crippen molar-refractivity contribution in [2.75, 3.05) is 0 Å². The van der Waals surface area contributed by atoms with Gasteiger partial charge in [-0.25, -0.2) is 4.39 Å². The predicted octanol–water partition coefficient (Wildman–Crippen LogP) is 1.99. The second kappa shape index (κ2) is 3.72. The summed E-state index contributed by atoms with van der Waals surface area (Å²) in [6.07, 6.45) is 0.793. The molecule has 0 saturated carbocycles. The molecular weight excluding hydrogens is 157 g/mol. The summed E-state index contributed by atoms with van der Waals surface area (Å²) in [6, 6.07) is 5.76. The van der Waals surface area contributed by atoms with Crippen LogP contribution in [0.2, 0.25) is 0 Å². The van der Waals surface area contributed by atoms with E-state index in [2.05, 4.69) is 0 Å². The SMILES string of the molecule is N#CCCc1ccc(F)cc1O. The summed E-state index contributed by atoms with van der Waals surface area (Å²) in [5, 5.41) is 17.4. The molecule has 0 spiro atoms. The van der Waals surface area contributed by atoms with Gasteiger partial charge in [-0.1, -0.05) is 6.07 Å². The summed E-state index contributed by atoms with van der Waals surface area (Å²) >= 11 is 0. The topological polar surface area (TPSA) is 44.0 Å². The number of aromatic hydroxyl groups is 1. The third kappa shape index (κ3) is 1.96. The molecule has 0 amide bonds. The number of hydrogen-bond donors (Lipinski definition) is 1. The number of nitrogens with zero attached hydrogens (tertiary/aromatic N) is 1. The van der Waals surface area contributed by atoms with Crippen LogP contribution in [0.3, 0.4) is 0 Å². The molecule has 1 N–H and O–H groups in total. The standard InChI is InChI=1S/C9H8FNO/c10-8-4-3-7(2-1-5-11)9(12)6-8/h3-4,6,12H,1-2H2. The molecule has 62 valence electrons. The maximum absolute atomic E-state index is 12.4. The van der Waals surface area contributed by atoms with Gasteiger partial charge in [0.15, 0.2) is 0 Å². The lowest BCUT2D eigenvalue weighted by atomic mass is 10.1. The zero-order chi connectivity index (χ0) is 8.97. The van der Waals surface area contributed by atoms with Crippen molar-refractivity contribution in [3.8, 4) is 11.8 Å². The molecule has 0 saturated heterocycles. The van der Waals surface area contributed by atoms with Crippen LogP contribution in [0.25, 0.3) is 0 Å². The Labute approximate surface area is 69.9 Å². The Kier molecular flexibility index (Phi) is 2.65. The summed E-state index contributed by atoms with van der Waals surface area (Å²) in [7, 11) is 0. The van der Waals surface area contributed by atoms with Gasteiger partial charge >= 0.3 is 0 Å². The molecule has 1 aromatic rings. The summed E-state index contributed by atoms with van der Waals surface area (Å²) < 4.78 is 12.4. The van der Waals surface area contributed by atoms with Gasteiger partial charge < -0.3 is 5.11 Å². The number of rotatable bonds is 2. The minimum Gasteiger partial charge on any atom is -0.508 e. The van der Waals surface area contributed by atoms with Gasteiger partial charge in [-0.3, -0.25) is 0 Å². The van der Waals surface area contributed by atoms with Crippen LogP contribution in [-0.4, -0.2) is 5.11 Å². The summed E-state index contributed by atoms with van der Waals surface area (Å²) in [5.74, 6) is -0.543. The van der Waals surface area contributed by atoms with Gasteiger partial charge in [-0.05, 0) is 18.1 Å². The molecule has 0 aliphatic rings. The zero-order valence-corrected chi connectivity index (χ0v) is 6.42. The molecule has 0 bridgehead atoms. The van der Waals surface area contributed by atoms with Crippen molar-refractivity contribution in [1.82, 2.24) is 0 Å². The van der Waals surface area contributed by atoms with Crippen LogP contribution in [0.4, 0.5) is 4.39 Å². The quantitative estimate of drug-likeness (QED) is 0.728. The first-order valence-corrected chi connectivity index (χ1v) is 3.58. The molecule has 0 radical (unpaired) electrons. The Morgan fingerprint density at radius 3 is 2.83 bits per heavy atom. The highest BCUT2D eigenvalue weighted by Gasteiger charge is 2.01. The van der Waals surface area contributed by atoms with E-state index in [1.807, 2.05) is 6.07 Å². The lowest BCUT2D eigenvalue weighted by Gasteiger charge is -2.00. The molecule has 0 heterocycles. The number of nitriles is 1.